The van der Waals surface area contributed by atoms with Crippen molar-refractivity contribution < 1.29 is 0 Å². The molecule has 4 rings (SSSR count). The molecule has 3 aromatic carbocycles. The molecule has 0 heterocycles. The van der Waals surface area contributed by atoms with E-state index in [4.69, 9.17) is 11.6 Å². The van der Waals surface area contributed by atoms with Gasteiger partial charge in [-0.1, -0.05) is 84.9 Å². The number of halogens is 1. The molecule has 1 atom stereocenters. The van der Waals surface area contributed by atoms with E-state index in [9.17, 15) is 0 Å². The van der Waals surface area contributed by atoms with Gasteiger partial charge in [-0.05, 0) is 33.4 Å². The highest BCUT2D eigenvalue weighted by Gasteiger charge is 2.30. The van der Waals surface area contributed by atoms with E-state index in [1.165, 1.54) is 33.4 Å². The first-order valence-electron chi connectivity index (χ1n) is 7.44. The van der Waals surface area contributed by atoms with E-state index in [1.54, 1.807) is 0 Å². The predicted octanol–water partition coefficient (Wildman–Crippen LogP) is 5.94. The average molecular weight is 303 g/mol. The van der Waals surface area contributed by atoms with Gasteiger partial charge in [0.1, 0.15) is 0 Å². The van der Waals surface area contributed by atoms with Crippen molar-refractivity contribution in [2.24, 2.45) is 0 Å². The summed E-state index contributed by atoms with van der Waals surface area (Å²) in [5.41, 5.74) is 7.31. The molecule has 0 radical (unpaired) electrons. The van der Waals surface area contributed by atoms with Gasteiger partial charge in [0.15, 0.2) is 0 Å². The predicted molar refractivity (Wildman–Crippen MR) is 93.8 cm³/mol. The van der Waals surface area contributed by atoms with Gasteiger partial charge in [-0.15, -0.1) is 11.6 Å². The molecule has 106 valence electrons. The van der Waals surface area contributed by atoms with Crippen molar-refractivity contribution in [1.29, 1.82) is 0 Å². The summed E-state index contributed by atoms with van der Waals surface area (Å²) in [5, 5.41) is -0.103. The van der Waals surface area contributed by atoms with Gasteiger partial charge in [-0.3, -0.25) is 0 Å². The quantitative estimate of drug-likeness (QED) is 0.514. The topological polar surface area (TPSA) is 0 Å². The van der Waals surface area contributed by atoms with Gasteiger partial charge in [0.25, 0.3) is 0 Å². The molecule has 0 bridgehead atoms. The molecular weight excluding hydrogens is 288 g/mol. The number of hydrogen-bond acceptors (Lipinski definition) is 0. The largest absolute Gasteiger partial charge is 0.113 e. The number of rotatable bonds is 2. The van der Waals surface area contributed by atoms with Crippen LogP contribution >= 0.6 is 11.6 Å². The highest BCUT2D eigenvalue weighted by Crippen LogP contribution is 2.51. The monoisotopic (exact) mass is 302 g/mol. The van der Waals surface area contributed by atoms with Gasteiger partial charge >= 0.3 is 0 Å². The van der Waals surface area contributed by atoms with Crippen molar-refractivity contribution in [1.82, 2.24) is 0 Å². The molecule has 0 amide bonds. The molecule has 0 spiro atoms. The number of allylic oxidation sites excluding steroid dienone is 1. The van der Waals surface area contributed by atoms with E-state index in [0.29, 0.717) is 0 Å². The lowest BCUT2D eigenvalue weighted by Gasteiger charge is -2.11. The molecule has 1 aliphatic rings. The molecule has 0 saturated heterocycles. The molecule has 0 aromatic heterocycles. The second-order valence-corrected chi connectivity index (χ2v) is 5.91. The number of alkyl halides is 1. The van der Waals surface area contributed by atoms with Crippen molar-refractivity contribution in [3.05, 3.63) is 107 Å². The summed E-state index contributed by atoms with van der Waals surface area (Å²) < 4.78 is 0. The minimum Gasteiger partial charge on any atom is -0.113 e. The van der Waals surface area contributed by atoms with E-state index in [2.05, 4.69) is 72.8 Å². The van der Waals surface area contributed by atoms with Gasteiger partial charge in [-0.2, -0.15) is 0 Å². The summed E-state index contributed by atoms with van der Waals surface area (Å²) in [6.45, 7) is 0. The standard InChI is InChI=1S/C21H15Cl/c22-21-18-14-8-7-13-17(18)19(15-9-3-1-4-10-15)20(21)16-11-5-2-6-12-16/h1-14,21H. The fourth-order valence-corrected chi connectivity index (χ4v) is 3.62. The Morgan fingerprint density at radius 1 is 0.591 bits per heavy atom. The van der Waals surface area contributed by atoms with Crippen LogP contribution in [0.3, 0.4) is 0 Å². The van der Waals surface area contributed by atoms with Crippen LogP contribution in [0.1, 0.15) is 27.6 Å². The zero-order valence-electron chi connectivity index (χ0n) is 12.0. The minimum absolute atomic E-state index is 0.103. The molecule has 0 nitrogen and oxygen atoms in total. The third kappa shape index (κ3) is 2.08. The maximum atomic E-state index is 6.83. The van der Waals surface area contributed by atoms with Gasteiger partial charge in [-0.25, -0.2) is 0 Å². The molecule has 0 aliphatic heterocycles. The molecule has 1 heteroatoms. The van der Waals surface area contributed by atoms with E-state index < -0.39 is 0 Å². The van der Waals surface area contributed by atoms with Crippen LogP contribution in [-0.2, 0) is 0 Å². The van der Waals surface area contributed by atoms with Gasteiger partial charge < -0.3 is 0 Å². The number of hydrogen-bond donors (Lipinski definition) is 0. The van der Waals surface area contributed by atoms with E-state index in [0.717, 1.165) is 0 Å². The fraction of sp³-hybridized carbons (Fsp3) is 0.0476. The molecular formula is C21H15Cl. The smallest absolute Gasteiger partial charge is 0.0853 e. The van der Waals surface area contributed by atoms with Crippen LogP contribution in [0.5, 0.6) is 0 Å². The first kappa shape index (κ1) is 13.4. The number of benzene rings is 3. The Morgan fingerprint density at radius 3 is 1.82 bits per heavy atom. The SMILES string of the molecule is ClC1C(c2ccccc2)=C(c2ccccc2)c2ccccc21. The van der Waals surface area contributed by atoms with Gasteiger partial charge in [0.05, 0.1) is 5.38 Å². The second-order valence-electron chi connectivity index (χ2n) is 5.47. The summed E-state index contributed by atoms with van der Waals surface area (Å²) in [7, 11) is 0. The van der Waals surface area contributed by atoms with Crippen molar-refractivity contribution in [3.63, 3.8) is 0 Å². The highest BCUT2D eigenvalue weighted by molar-refractivity contribution is 6.31. The average Bonchev–Trinajstić information content (AvgIpc) is 2.90. The van der Waals surface area contributed by atoms with Crippen molar-refractivity contribution in [2.75, 3.05) is 0 Å². The zero-order valence-corrected chi connectivity index (χ0v) is 12.8. The number of fused-ring (bicyclic) bond motifs is 1. The molecule has 0 N–H and O–H groups in total. The summed E-state index contributed by atoms with van der Waals surface area (Å²) >= 11 is 6.83. The third-order valence-electron chi connectivity index (χ3n) is 4.17. The van der Waals surface area contributed by atoms with Crippen LogP contribution in [0.2, 0.25) is 0 Å². The van der Waals surface area contributed by atoms with E-state index >= 15 is 0 Å². The van der Waals surface area contributed by atoms with E-state index in [-0.39, 0.29) is 5.38 Å². The first-order valence-corrected chi connectivity index (χ1v) is 7.88. The first-order chi connectivity index (χ1) is 10.9. The maximum absolute atomic E-state index is 6.83. The Bertz CT molecular complexity index is 832. The Labute approximate surface area is 135 Å². The fourth-order valence-electron chi connectivity index (χ4n) is 3.20. The lowest BCUT2D eigenvalue weighted by atomic mass is 9.94. The molecule has 1 unspecified atom stereocenters. The van der Waals surface area contributed by atoms with Crippen LogP contribution in [0, 0.1) is 0 Å². The van der Waals surface area contributed by atoms with Gasteiger partial charge in [0.2, 0.25) is 0 Å². The molecule has 0 fully saturated rings. The minimum atomic E-state index is -0.103. The Hall–Kier alpha value is -2.31. The van der Waals surface area contributed by atoms with Crippen molar-refractivity contribution in [3.8, 4) is 0 Å². The summed E-state index contributed by atoms with van der Waals surface area (Å²) in [5.74, 6) is 0. The van der Waals surface area contributed by atoms with Crippen molar-refractivity contribution >= 4 is 22.7 Å². The molecule has 22 heavy (non-hydrogen) atoms. The summed E-state index contributed by atoms with van der Waals surface area (Å²) in [4.78, 5) is 0. The second kappa shape index (κ2) is 5.47. The van der Waals surface area contributed by atoms with Crippen LogP contribution in [-0.4, -0.2) is 0 Å². The lowest BCUT2D eigenvalue weighted by Crippen LogP contribution is -1.91. The maximum Gasteiger partial charge on any atom is 0.0853 e. The highest BCUT2D eigenvalue weighted by atomic mass is 35.5. The Kier molecular flexibility index (Phi) is 3.32. The molecule has 0 saturated carbocycles. The summed E-state index contributed by atoms with van der Waals surface area (Å²) in [6, 6.07) is 29.4. The van der Waals surface area contributed by atoms with Crippen LogP contribution in [0.25, 0.3) is 11.1 Å². The summed E-state index contributed by atoms with van der Waals surface area (Å²) in [6.07, 6.45) is 0. The zero-order chi connectivity index (χ0) is 14.9. The van der Waals surface area contributed by atoms with Crippen molar-refractivity contribution in [2.45, 2.75) is 5.38 Å². The van der Waals surface area contributed by atoms with Crippen LogP contribution in [0.15, 0.2) is 84.9 Å². The molecule has 1 aliphatic carbocycles. The van der Waals surface area contributed by atoms with E-state index in [1.807, 2.05) is 12.1 Å². The Balaban J connectivity index is 2.02. The normalized spacial score (nSPS) is 16.7. The van der Waals surface area contributed by atoms with Crippen LogP contribution in [0.4, 0.5) is 0 Å². The molecule has 3 aromatic rings. The lowest BCUT2D eigenvalue weighted by molar-refractivity contribution is 1.26. The Morgan fingerprint density at radius 2 is 1.14 bits per heavy atom. The van der Waals surface area contributed by atoms with Gasteiger partial charge in [0, 0.05) is 0 Å². The van der Waals surface area contributed by atoms with Crippen LogP contribution < -0.4 is 0 Å². The third-order valence-corrected chi connectivity index (χ3v) is 4.63.